The highest BCUT2D eigenvalue weighted by Crippen LogP contribution is 2.38. The molecular formula is C22H25N3O3. The molecule has 4 rings (SSSR count). The lowest BCUT2D eigenvalue weighted by molar-refractivity contribution is -0.146. The van der Waals surface area contributed by atoms with Crippen LogP contribution in [-0.4, -0.2) is 27.7 Å². The molecule has 1 aliphatic carbocycles. The van der Waals surface area contributed by atoms with E-state index in [0.717, 1.165) is 53.9 Å². The third-order valence-electron chi connectivity index (χ3n) is 5.56. The normalized spacial score (nSPS) is 19.5. The molecule has 1 heterocycles. The van der Waals surface area contributed by atoms with Gasteiger partial charge in [-0.1, -0.05) is 24.3 Å². The van der Waals surface area contributed by atoms with Crippen molar-refractivity contribution in [1.82, 2.24) is 9.55 Å². The van der Waals surface area contributed by atoms with Crippen LogP contribution in [0, 0.1) is 5.92 Å². The van der Waals surface area contributed by atoms with Crippen LogP contribution in [0.1, 0.15) is 37.3 Å². The molecular weight excluding hydrogens is 354 g/mol. The molecule has 6 heteroatoms. The zero-order valence-electron chi connectivity index (χ0n) is 16.0. The van der Waals surface area contributed by atoms with Crippen LogP contribution in [0.25, 0.3) is 11.0 Å². The minimum Gasteiger partial charge on any atom is -0.469 e. The average molecular weight is 379 g/mol. The van der Waals surface area contributed by atoms with Gasteiger partial charge in [-0.05, 0) is 55.5 Å². The standard InChI is InChI=1S/C22H25N3O3/c1-28-21(27)16-8-10-18(11-9-16)25-20-13-15(14-26)7-12-19(20)24-22(25)23-17-5-3-2-4-6-17/h2-7,12-13,16,18,26H,8-11,14H2,1H3,(H,23,24). The van der Waals surface area contributed by atoms with Gasteiger partial charge in [0.1, 0.15) is 0 Å². The van der Waals surface area contributed by atoms with Gasteiger partial charge in [0.2, 0.25) is 5.95 Å². The predicted octanol–water partition coefficient (Wildman–Crippen LogP) is 4.18. The molecule has 0 aliphatic heterocycles. The quantitative estimate of drug-likeness (QED) is 0.651. The summed E-state index contributed by atoms with van der Waals surface area (Å²) in [6.07, 6.45) is 3.39. The topological polar surface area (TPSA) is 76.4 Å². The lowest BCUT2D eigenvalue weighted by Crippen LogP contribution is -2.25. The maximum Gasteiger partial charge on any atom is 0.308 e. The summed E-state index contributed by atoms with van der Waals surface area (Å²) in [6, 6.07) is 16.1. The average Bonchev–Trinajstić information content (AvgIpc) is 3.10. The molecule has 1 fully saturated rings. The molecule has 1 aliphatic rings. The van der Waals surface area contributed by atoms with Crippen LogP contribution in [0.5, 0.6) is 0 Å². The molecule has 6 nitrogen and oxygen atoms in total. The number of hydrogen-bond acceptors (Lipinski definition) is 5. The Labute approximate surface area is 164 Å². The van der Waals surface area contributed by atoms with E-state index in [9.17, 15) is 9.90 Å². The summed E-state index contributed by atoms with van der Waals surface area (Å²) in [5.41, 5.74) is 3.74. The number of aliphatic hydroxyl groups excluding tert-OH is 1. The Morgan fingerprint density at radius 1 is 1.18 bits per heavy atom. The zero-order chi connectivity index (χ0) is 19.5. The second-order valence-electron chi connectivity index (χ2n) is 7.31. The number of fused-ring (bicyclic) bond motifs is 1. The number of para-hydroxylation sites is 1. The van der Waals surface area contributed by atoms with Crippen molar-refractivity contribution in [2.24, 2.45) is 5.92 Å². The molecule has 1 aromatic heterocycles. The number of aromatic nitrogens is 2. The monoisotopic (exact) mass is 379 g/mol. The van der Waals surface area contributed by atoms with Crippen LogP contribution in [0.4, 0.5) is 11.6 Å². The molecule has 0 radical (unpaired) electrons. The van der Waals surface area contributed by atoms with E-state index in [1.165, 1.54) is 7.11 Å². The lowest BCUT2D eigenvalue weighted by atomic mass is 9.86. The van der Waals surface area contributed by atoms with Gasteiger partial charge in [-0.25, -0.2) is 4.98 Å². The number of benzene rings is 2. The number of anilines is 2. The Kier molecular flexibility index (Phi) is 5.30. The highest BCUT2D eigenvalue weighted by atomic mass is 16.5. The van der Waals surface area contributed by atoms with Crippen molar-refractivity contribution in [1.29, 1.82) is 0 Å². The molecule has 0 bridgehead atoms. The molecule has 0 saturated heterocycles. The highest BCUT2D eigenvalue weighted by molar-refractivity contribution is 5.81. The van der Waals surface area contributed by atoms with Crippen LogP contribution in [0.3, 0.4) is 0 Å². The number of ether oxygens (including phenoxy) is 1. The Bertz CT molecular complexity index is 960. The second-order valence-corrected chi connectivity index (χ2v) is 7.31. The molecule has 0 unspecified atom stereocenters. The highest BCUT2D eigenvalue weighted by Gasteiger charge is 2.30. The van der Waals surface area contributed by atoms with Gasteiger partial charge in [0.15, 0.2) is 0 Å². The first-order chi connectivity index (χ1) is 13.7. The summed E-state index contributed by atoms with van der Waals surface area (Å²) in [7, 11) is 1.45. The molecule has 146 valence electrons. The zero-order valence-corrected chi connectivity index (χ0v) is 16.0. The fourth-order valence-corrected chi connectivity index (χ4v) is 4.08. The number of carbonyl (C=O) groups excluding carboxylic acids is 1. The number of carbonyl (C=O) groups is 1. The van der Waals surface area contributed by atoms with Crippen LogP contribution in [-0.2, 0) is 16.1 Å². The van der Waals surface area contributed by atoms with Gasteiger partial charge < -0.3 is 19.7 Å². The van der Waals surface area contributed by atoms with E-state index < -0.39 is 0 Å². The molecule has 0 amide bonds. The smallest absolute Gasteiger partial charge is 0.308 e. The Morgan fingerprint density at radius 2 is 1.93 bits per heavy atom. The van der Waals surface area contributed by atoms with Gasteiger partial charge in [-0.3, -0.25) is 4.79 Å². The van der Waals surface area contributed by atoms with Crippen molar-refractivity contribution in [2.75, 3.05) is 12.4 Å². The Balaban J connectivity index is 1.70. The van der Waals surface area contributed by atoms with Crippen LogP contribution in [0.2, 0.25) is 0 Å². The fraction of sp³-hybridized carbons (Fsp3) is 0.364. The van der Waals surface area contributed by atoms with Crippen molar-refractivity contribution >= 4 is 28.6 Å². The van der Waals surface area contributed by atoms with Crippen LogP contribution in [0.15, 0.2) is 48.5 Å². The Morgan fingerprint density at radius 3 is 2.61 bits per heavy atom. The van der Waals surface area contributed by atoms with E-state index in [1.807, 2.05) is 48.5 Å². The summed E-state index contributed by atoms with van der Waals surface area (Å²) >= 11 is 0. The summed E-state index contributed by atoms with van der Waals surface area (Å²) < 4.78 is 7.15. The number of nitrogens with zero attached hydrogens (tertiary/aromatic N) is 2. The van der Waals surface area contributed by atoms with Gasteiger partial charge in [0.25, 0.3) is 0 Å². The third kappa shape index (κ3) is 3.60. The summed E-state index contributed by atoms with van der Waals surface area (Å²) in [5, 5.41) is 13.0. The van der Waals surface area contributed by atoms with Crippen molar-refractivity contribution in [3.05, 3.63) is 54.1 Å². The minimum absolute atomic E-state index is 0.00233. The summed E-state index contributed by atoms with van der Waals surface area (Å²) in [5.74, 6) is 0.659. The van der Waals surface area contributed by atoms with Crippen molar-refractivity contribution < 1.29 is 14.6 Å². The largest absolute Gasteiger partial charge is 0.469 e. The van der Waals surface area contributed by atoms with Gasteiger partial charge >= 0.3 is 5.97 Å². The minimum atomic E-state index is -0.112. The summed E-state index contributed by atoms with van der Waals surface area (Å²) in [6.45, 7) is -0.00233. The molecule has 28 heavy (non-hydrogen) atoms. The maximum atomic E-state index is 11.9. The third-order valence-corrected chi connectivity index (χ3v) is 5.56. The molecule has 0 spiro atoms. The lowest BCUT2D eigenvalue weighted by Gasteiger charge is -2.29. The van der Waals surface area contributed by atoms with Gasteiger partial charge in [-0.15, -0.1) is 0 Å². The molecule has 2 N–H and O–H groups in total. The SMILES string of the molecule is COC(=O)C1CCC(n2c(Nc3ccccc3)nc3ccc(CO)cc32)CC1. The number of hydrogen-bond donors (Lipinski definition) is 2. The number of methoxy groups -OCH3 is 1. The van der Waals surface area contributed by atoms with Gasteiger partial charge in [0.05, 0.1) is 30.7 Å². The number of aliphatic hydroxyl groups is 1. The number of rotatable bonds is 5. The molecule has 1 saturated carbocycles. The number of imidazole rings is 1. The van der Waals surface area contributed by atoms with E-state index >= 15 is 0 Å². The first kappa shape index (κ1) is 18.5. The van der Waals surface area contributed by atoms with E-state index in [0.29, 0.717) is 0 Å². The number of nitrogens with one attached hydrogen (secondary N) is 1. The fourth-order valence-electron chi connectivity index (χ4n) is 4.08. The molecule has 0 atom stereocenters. The van der Waals surface area contributed by atoms with E-state index in [-0.39, 0.29) is 24.5 Å². The van der Waals surface area contributed by atoms with Crippen LogP contribution >= 0.6 is 0 Å². The first-order valence-electron chi connectivity index (χ1n) is 9.71. The van der Waals surface area contributed by atoms with E-state index in [1.54, 1.807) is 0 Å². The predicted molar refractivity (Wildman–Crippen MR) is 108 cm³/mol. The van der Waals surface area contributed by atoms with Crippen molar-refractivity contribution in [3.63, 3.8) is 0 Å². The second kappa shape index (κ2) is 8.02. The molecule has 2 aromatic carbocycles. The van der Waals surface area contributed by atoms with E-state index in [2.05, 4.69) is 9.88 Å². The molecule has 3 aromatic rings. The van der Waals surface area contributed by atoms with Gasteiger partial charge in [0, 0.05) is 11.7 Å². The van der Waals surface area contributed by atoms with Crippen molar-refractivity contribution in [3.8, 4) is 0 Å². The first-order valence-corrected chi connectivity index (χ1v) is 9.71. The number of esters is 1. The maximum absolute atomic E-state index is 11.9. The summed E-state index contributed by atoms with van der Waals surface area (Å²) in [4.78, 5) is 16.7. The van der Waals surface area contributed by atoms with Crippen LogP contribution < -0.4 is 5.32 Å². The Hall–Kier alpha value is -2.86. The van der Waals surface area contributed by atoms with Gasteiger partial charge in [-0.2, -0.15) is 0 Å². The van der Waals surface area contributed by atoms with E-state index in [4.69, 9.17) is 9.72 Å². The van der Waals surface area contributed by atoms with Crippen molar-refractivity contribution in [2.45, 2.75) is 38.3 Å².